The maximum Gasteiger partial charge on any atom is 0.354 e. The summed E-state index contributed by atoms with van der Waals surface area (Å²) in [5.74, 6) is -1.11. The third-order valence-corrected chi connectivity index (χ3v) is 2.43. The Hall–Kier alpha value is -2.63. The standard InChI is InChI=1S/C13H11FN2O3/c1-19-9-2-3-10(14)11(7-9)16-8-4-5-15-12(6-8)13(17)18/h2-7H,1H3,(H,15,16)(H,17,18). The van der Waals surface area contributed by atoms with Gasteiger partial charge < -0.3 is 15.2 Å². The van der Waals surface area contributed by atoms with Crippen molar-refractivity contribution in [3.8, 4) is 5.75 Å². The number of pyridine rings is 1. The lowest BCUT2D eigenvalue weighted by Gasteiger charge is -2.09. The minimum Gasteiger partial charge on any atom is -0.497 e. The number of nitrogens with zero attached hydrogens (tertiary/aromatic N) is 1. The molecule has 6 heteroatoms. The summed E-state index contributed by atoms with van der Waals surface area (Å²) in [6, 6.07) is 7.11. The average molecular weight is 262 g/mol. The van der Waals surface area contributed by atoms with Crippen LogP contribution in [0.2, 0.25) is 0 Å². The maximum absolute atomic E-state index is 13.6. The Bertz CT molecular complexity index is 617. The highest BCUT2D eigenvalue weighted by Crippen LogP contribution is 2.24. The van der Waals surface area contributed by atoms with Crippen molar-refractivity contribution in [2.45, 2.75) is 0 Å². The topological polar surface area (TPSA) is 71.5 Å². The van der Waals surface area contributed by atoms with Crippen LogP contribution in [0.15, 0.2) is 36.5 Å². The van der Waals surface area contributed by atoms with Gasteiger partial charge in [0.15, 0.2) is 0 Å². The number of ether oxygens (including phenoxy) is 1. The normalized spacial score (nSPS) is 10.0. The van der Waals surface area contributed by atoms with E-state index in [2.05, 4.69) is 10.3 Å². The van der Waals surface area contributed by atoms with Gasteiger partial charge in [0.1, 0.15) is 17.3 Å². The summed E-state index contributed by atoms with van der Waals surface area (Å²) < 4.78 is 18.6. The van der Waals surface area contributed by atoms with Gasteiger partial charge in [-0.2, -0.15) is 0 Å². The van der Waals surface area contributed by atoms with Crippen molar-refractivity contribution in [1.29, 1.82) is 0 Å². The van der Waals surface area contributed by atoms with Gasteiger partial charge in [-0.05, 0) is 24.3 Å². The van der Waals surface area contributed by atoms with E-state index in [1.54, 1.807) is 6.07 Å². The summed E-state index contributed by atoms with van der Waals surface area (Å²) >= 11 is 0. The van der Waals surface area contributed by atoms with E-state index in [0.717, 1.165) is 0 Å². The predicted molar refractivity (Wildman–Crippen MR) is 67.4 cm³/mol. The maximum atomic E-state index is 13.6. The zero-order valence-corrected chi connectivity index (χ0v) is 10.1. The van der Waals surface area contributed by atoms with E-state index in [4.69, 9.17) is 9.84 Å². The number of anilines is 2. The van der Waals surface area contributed by atoms with Crippen molar-refractivity contribution < 1.29 is 19.0 Å². The van der Waals surface area contributed by atoms with Crippen LogP contribution in [0, 0.1) is 5.82 Å². The van der Waals surface area contributed by atoms with Crippen LogP contribution in [0.25, 0.3) is 0 Å². The molecule has 1 aromatic carbocycles. The van der Waals surface area contributed by atoms with Crippen LogP contribution in [-0.4, -0.2) is 23.2 Å². The number of rotatable bonds is 4. The minimum absolute atomic E-state index is 0.117. The molecule has 0 aliphatic carbocycles. The van der Waals surface area contributed by atoms with E-state index in [-0.39, 0.29) is 11.4 Å². The number of carboxylic acid groups (broad SMARTS) is 1. The first-order valence-electron chi connectivity index (χ1n) is 5.40. The molecule has 0 saturated heterocycles. The van der Waals surface area contributed by atoms with Gasteiger partial charge in [-0.1, -0.05) is 0 Å². The summed E-state index contributed by atoms with van der Waals surface area (Å²) in [6.07, 6.45) is 1.34. The van der Waals surface area contributed by atoms with Crippen molar-refractivity contribution in [2.24, 2.45) is 0 Å². The molecule has 1 heterocycles. The smallest absolute Gasteiger partial charge is 0.354 e. The number of carbonyl (C=O) groups is 1. The van der Waals surface area contributed by atoms with Crippen LogP contribution in [0.3, 0.4) is 0 Å². The van der Waals surface area contributed by atoms with E-state index < -0.39 is 11.8 Å². The van der Waals surface area contributed by atoms with Crippen LogP contribution < -0.4 is 10.1 Å². The fourth-order valence-corrected chi connectivity index (χ4v) is 1.51. The fourth-order valence-electron chi connectivity index (χ4n) is 1.51. The first-order chi connectivity index (χ1) is 9.10. The van der Waals surface area contributed by atoms with Crippen LogP contribution >= 0.6 is 0 Å². The van der Waals surface area contributed by atoms with E-state index in [1.807, 2.05) is 0 Å². The monoisotopic (exact) mass is 262 g/mol. The Balaban J connectivity index is 2.30. The summed E-state index contributed by atoms with van der Waals surface area (Å²) in [4.78, 5) is 14.5. The molecule has 0 unspecified atom stereocenters. The number of hydrogen-bond donors (Lipinski definition) is 2. The zero-order valence-electron chi connectivity index (χ0n) is 10.1. The molecule has 2 N–H and O–H groups in total. The molecule has 1 aromatic heterocycles. The third kappa shape index (κ3) is 2.98. The molecular formula is C13H11FN2O3. The second kappa shape index (κ2) is 5.34. The molecule has 2 aromatic rings. The molecule has 0 atom stereocenters. The lowest BCUT2D eigenvalue weighted by Crippen LogP contribution is -2.01. The quantitative estimate of drug-likeness (QED) is 0.886. The largest absolute Gasteiger partial charge is 0.497 e. The molecule has 0 radical (unpaired) electrons. The van der Waals surface area contributed by atoms with Gasteiger partial charge in [0, 0.05) is 18.0 Å². The summed E-state index contributed by atoms with van der Waals surface area (Å²) in [5, 5.41) is 11.6. The molecule has 98 valence electrons. The number of aromatic nitrogens is 1. The SMILES string of the molecule is COc1ccc(F)c(Nc2ccnc(C(=O)O)c2)c1. The van der Waals surface area contributed by atoms with E-state index in [0.29, 0.717) is 11.4 Å². The molecule has 0 bridgehead atoms. The summed E-state index contributed by atoms with van der Waals surface area (Å²) in [6.45, 7) is 0. The lowest BCUT2D eigenvalue weighted by atomic mass is 10.2. The Labute approximate surface area is 108 Å². The predicted octanol–water partition coefficient (Wildman–Crippen LogP) is 2.67. The van der Waals surface area contributed by atoms with Gasteiger partial charge in [0.05, 0.1) is 12.8 Å². The first-order valence-corrected chi connectivity index (χ1v) is 5.40. The number of hydrogen-bond acceptors (Lipinski definition) is 4. The zero-order chi connectivity index (χ0) is 13.8. The van der Waals surface area contributed by atoms with Crippen LogP contribution in [-0.2, 0) is 0 Å². The number of benzene rings is 1. The number of nitrogens with one attached hydrogen (secondary N) is 1. The summed E-state index contributed by atoms with van der Waals surface area (Å²) in [7, 11) is 1.48. The highest BCUT2D eigenvalue weighted by Gasteiger charge is 2.08. The van der Waals surface area contributed by atoms with E-state index in [9.17, 15) is 9.18 Å². The summed E-state index contributed by atoms with van der Waals surface area (Å²) in [5.41, 5.74) is 0.509. The van der Waals surface area contributed by atoms with Crippen LogP contribution in [0.5, 0.6) is 5.75 Å². The second-order valence-corrected chi connectivity index (χ2v) is 3.71. The van der Waals surface area contributed by atoms with Crippen molar-refractivity contribution in [3.63, 3.8) is 0 Å². The molecular weight excluding hydrogens is 251 g/mol. The van der Waals surface area contributed by atoms with E-state index >= 15 is 0 Å². The Kier molecular flexibility index (Phi) is 3.61. The second-order valence-electron chi connectivity index (χ2n) is 3.71. The van der Waals surface area contributed by atoms with Gasteiger partial charge in [-0.25, -0.2) is 14.2 Å². The highest BCUT2D eigenvalue weighted by molar-refractivity contribution is 5.86. The third-order valence-electron chi connectivity index (χ3n) is 2.43. The molecule has 0 aliphatic heterocycles. The van der Waals surface area contributed by atoms with Gasteiger partial charge in [0.2, 0.25) is 0 Å². The van der Waals surface area contributed by atoms with Crippen molar-refractivity contribution >= 4 is 17.3 Å². The number of aromatic carboxylic acids is 1. The number of carboxylic acids is 1. The first kappa shape index (κ1) is 12.8. The molecule has 0 fully saturated rings. The van der Waals surface area contributed by atoms with Crippen molar-refractivity contribution in [3.05, 3.63) is 48.0 Å². The molecule has 0 spiro atoms. The Morgan fingerprint density at radius 2 is 2.16 bits per heavy atom. The average Bonchev–Trinajstić information content (AvgIpc) is 2.41. The Morgan fingerprint density at radius 1 is 1.37 bits per heavy atom. The van der Waals surface area contributed by atoms with Crippen LogP contribution in [0.4, 0.5) is 15.8 Å². The van der Waals surface area contributed by atoms with Crippen molar-refractivity contribution in [1.82, 2.24) is 4.98 Å². The van der Waals surface area contributed by atoms with Crippen molar-refractivity contribution in [2.75, 3.05) is 12.4 Å². The number of halogens is 1. The molecule has 2 rings (SSSR count). The number of methoxy groups -OCH3 is 1. The van der Waals surface area contributed by atoms with Gasteiger partial charge in [-0.3, -0.25) is 0 Å². The highest BCUT2D eigenvalue weighted by atomic mass is 19.1. The molecule has 19 heavy (non-hydrogen) atoms. The molecule has 5 nitrogen and oxygen atoms in total. The fraction of sp³-hybridized carbons (Fsp3) is 0.0769. The molecule has 0 saturated carbocycles. The molecule has 0 aliphatic rings. The minimum atomic E-state index is -1.14. The van der Waals surface area contributed by atoms with E-state index in [1.165, 1.54) is 37.6 Å². The van der Waals surface area contributed by atoms with Gasteiger partial charge in [-0.15, -0.1) is 0 Å². The van der Waals surface area contributed by atoms with Gasteiger partial charge >= 0.3 is 5.97 Å². The van der Waals surface area contributed by atoms with Crippen LogP contribution in [0.1, 0.15) is 10.5 Å². The molecule has 0 amide bonds. The van der Waals surface area contributed by atoms with Gasteiger partial charge in [0.25, 0.3) is 0 Å². The lowest BCUT2D eigenvalue weighted by molar-refractivity contribution is 0.0690. The Morgan fingerprint density at radius 3 is 2.84 bits per heavy atom.